The number of carbonyl (C=O) groups is 1. The Hall–Kier alpha value is -0.930. The van der Waals surface area contributed by atoms with Gasteiger partial charge in [-0.05, 0) is 25.7 Å². The smallest absolute Gasteiger partial charge is 0.257 e. The highest BCUT2D eigenvalue weighted by Crippen LogP contribution is 2.59. The Bertz CT molecular complexity index is 369. The van der Waals surface area contributed by atoms with Crippen LogP contribution in [0.2, 0.25) is 0 Å². The summed E-state index contributed by atoms with van der Waals surface area (Å²) in [6, 6.07) is 0. The van der Waals surface area contributed by atoms with E-state index in [0.717, 1.165) is 24.8 Å². The van der Waals surface area contributed by atoms with Crippen LogP contribution < -0.4 is 0 Å². The molecule has 1 amide bonds. The van der Waals surface area contributed by atoms with E-state index in [2.05, 4.69) is 0 Å². The largest absolute Gasteiger partial charge is 0.337 e. The van der Waals surface area contributed by atoms with Gasteiger partial charge in [0, 0.05) is 25.1 Å². The maximum absolute atomic E-state index is 13.3. The fraction of sp³-hybridized carbons (Fsp3) is 0.750. The maximum Gasteiger partial charge on any atom is 0.257 e. The van der Waals surface area contributed by atoms with Crippen LogP contribution in [-0.2, 0) is 4.79 Å². The van der Waals surface area contributed by atoms with Gasteiger partial charge in [-0.3, -0.25) is 4.79 Å². The van der Waals surface area contributed by atoms with Crippen LogP contribution in [0.3, 0.4) is 0 Å². The molecule has 0 aromatic carbocycles. The maximum atomic E-state index is 13.3. The minimum Gasteiger partial charge on any atom is -0.337 e. The molecular formula is C12H15F2NO. The first kappa shape index (κ1) is 10.2. The number of rotatable bonds is 1. The highest BCUT2D eigenvalue weighted by atomic mass is 19.3. The number of alkyl halides is 2. The lowest BCUT2D eigenvalue weighted by Crippen LogP contribution is -2.71. The van der Waals surface area contributed by atoms with Crippen molar-refractivity contribution in [2.75, 3.05) is 13.1 Å². The highest BCUT2D eigenvalue weighted by Gasteiger charge is 2.67. The molecule has 0 bridgehead atoms. The summed E-state index contributed by atoms with van der Waals surface area (Å²) in [7, 11) is 0. The van der Waals surface area contributed by atoms with Gasteiger partial charge >= 0.3 is 0 Å². The van der Waals surface area contributed by atoms with Gasteiger partial charge in [0.2, 0.25) is 5.91 Å². The van der Waals surface area contributed by atoms with Crippen LogP contribution in [0.25, 0.3) is 0 Å². The van der Waals surface area contributed by atoms with Crippen LogP contribution in [0.15, 0.2) is 11.6 Å². The lowest BCUT2D eigenvalue weighted by Gasteiger charge is -2.59. The van der Waals surface area contributed by atoms with Crippen molar-refractivity contribution in [1.82, 2.24) is 4.90 Å². The van der Waals surface area contributed by atoms with Crippen molar-refractivity contribution in [2.24, 2.45) is 5.41 Å². The molecular weight excluding hydrogens is 212 g/mol. The zero-order valence-corrected chi connectivity index (χ0v) is 9.14. The zero-order chi connectivity index (χ0) is 11.4. The first-order valence-corrected chi connectivity index (χ1v) is 5.90. The van der Waals surface area contributed by atoms with Crippen molar-refractivity contribution < 1.29 is 13.6 Å². The molecule has 2 aliphatic carbocycles. The number of carbonyl (C=O) groups excluding carboxylic acids is 1. The van der Waals surface area contributed by atoms with Crippen LogP contribution >= 0.6 is 0 Å². The minimum absolute atomic E-state index is 0.00226. The number of hydrogen-bond acceptors (Lipinski definition) is 1. The fourth-order valence-electron chi connectivity index (χ4n) is 2.95. The summed E-state index contributed by atoms with van der Waals surface area (Å²) in [5, 5.41) is 0. The van der Waals surface area contributed by atoms with E-state index in [1.807, 2.05) is 6.08 Å². The van der Waals surface area contributed by atoms with E-state index in [-0.39, 0.29) is 25.4 Å². The Morgan fingerprint density at radius 1 is 1.31 bits per heavy atom. The zero-order valence-electron chi connectivity index (χ0n) is 9.14. The predicted octanol–water partition coefficient (Wildman–Crippen LogP) is 2.35. The molecule has 0 radical (unpaired) electrons. The molecule has 4 heteroatoms. The first-order chi connectivity index (χ1) is 7.54. The normalized spacial score (nSPS) is 29.6. The third-order valence-corrected chi connectivity index (χ3v) is 4.28. The number of halogens is 2. The molecule has 1 spiro atoms. The van der Waals surface area contributed by atoms with Crippen molar-refractivity contribution in [3.05, 3.63) is 11.6 Å². The summed E-state index contributed by atoms with van der Waals surface area (Å²) in [5.74, 6) is -2.54. The monoisotopic (exact) mass is 227 g/mol. The van der Waals surface area contributed by atoms with Crippen molar-refractivity contribution in [3.8, 4) is 0 Å². The second-order valence-electron chi connectivity index (χ2n) is 5.27. The van der Waals surface area contributed by atoms with Gasteiger partial charge in [-0.2, -0.15) is 0 Å². The molecule has 0 atom stereocenters. The lowest BCUT2D eigenvalue weighted by atomic mass is 9.60. The van der Waals surface area contributed by atoms with Gasteiger partial charge in [0.15, 0.2) is 0 Å². The minimum atomic E-state index is -2.53. The quantitative estimate of drug-likeness (QED) is 0.673. The standard InChI is InChI=1S/C12H15F2NO/c13-12(14)6-5-11(12)7-15(8-11)10(16)9-3-1-2-4-9/h3H,1-2,4-8H2. The van der Waals surface area contributed by atoms with Gasteiger partial charge in [0.25, 0.3) is 5.92 Å². The molecule has 2 fully saturated rings. The van der Waals surface area contributed by atoms with Gasteiger partial charge < -0.3 is 4.90 Å². The molecule has 0 unspecified atom stereocenters. The van der Waals surface area contributed by atoms with Gasteiger partial charge in [-0.25, -0.2) is 8.78 Å². The van der Waals surface area contributed by atoms with Crippen molar-refractivity contribution in [3.63, 3.8) is 0 Å². The Kier molecular flexibility index (Phi) is 1.95. The van der Waals surface area contributed by atoms with E-state index >= 15 is 0 Å². The van der Waals surface area contributed by atoms with Crippen LogP contribution in [0, 0.1) is 5.41 Å². The van der Waals surface area contributed by atoms with Crippen molar-refractivity contribution in [1.29, 1.82) is 0 Å². The van der Waals surface area contributed by atoms with Gasteiger partial charge in [0.1, 0.15) is 0 Å². The Labute approximate surface area is 93.3 Å². The molecule has 16 heavy (non-hydrogen) atoms. The molecule has 0 aromatic heterocycles. The summed E-state index contributed by atoms with van der Waals surface area (Å²) in [5.41, 5.74) is -0.0283. The number of amides is 1. The second-order valence-corrected chi connectivity index (χ2v) is 5.27. The third kappa shape index (κ3) is 1.19. The molecule has 0 aromatic rings. The summed E-state index contributed by atoms with van der Waals surface area (Å²) in [6.07, 6.45) is 5.32. The van der Waals surface area contributed by atoms with E-state index in [1.54, 1.807) is 4.90 Å². The Balaban J connectivity index is 1.63. The number of allylic oxidation sites excluding steroid dienone is 1. The molecule has 1 saturated carbocycles. The Morgan fingerprint density at radius 2 is 2.06 bits per heavy atom. The highest BCUT2D eigenvalue weighted by molar-refractivity contribution is 5.94. The third-order valence-electron chi connectivity index (χ3n) is 4.28. The molecule has 1 heterocycles. The summed E-state index contributed by atoms with van der Waals surface area (Å²) >= 11 is 0. The molecule has 2 nitrogen and oxygen atoms in total. The van der Waals surface area contributed by atoms with E-state index in [4.69, 9.17) is 0 Å². The Morgan fingerprint density at radius 3 is 2.50 bits per heavy atom. The van der Waals surface area contributed by atoms with Crippen molar-refractivity contribution in [2.45, 2.75) is 38.0 Å². The summed E-state index contributed by atoms with van der Waals surface area (Å²) in [4.78, 5) is 13.5. The molecule has 3 aliphatic rings. The van der Waals surface area contributed by atoms with E-state index in [9.17, 15) is 13.6 Å². The topological polar surface area (TPSA) is 20.3 Å². The van der Waals surface area contributed by atoms with Gasteiger partial charge in [-0.1, -0.05) is 6.08 Å². The van der Waals surface area contributed by atoms with Gasteiger partial charge in [-0.15, -0.1) is 0 Å². The molecule has 88 valence electrons. The van der Waals surface area contributed by atoms with E-state index < -0.39 is 11.3 Å². The predicted molar refractivity (Wildman–Crippen MR) is 55.1 cm³/mol. The van der Waals surface area contributed by atoms with Crippen LogP contribution in [-0.4, -0.2) is 29.8 Å². The van der Waals surface area contributed by atoms with Crippen LogP contribution in [0.4, 0.5) is 8.78 Å². The number of hydrogen-bond donors (Lipinski definition) is 0. The van der Waals surface area contributed by atoms with Gasteiger partial charge in [0.05, 0.1) is 5.41 Å². The average Bonchev–Trinajstić information content (AvgIpc) is 2.66. The number of nitrogens with zero attached hydrogens (tertiary/aromatic N) is 1. The fourth-order valence-corrected chi connectivity index (χ4v) is 2.95. The molecule has 3 rings (SSSR count). The average molecular weight is 227 g/mol. The second kappa shape index (κ2) is 3.05. The SMILES string of the molecule is O=C(C1=CCCC1)N1CC2(CCC2(F)F)C1. The van der Waals surface area contributed by atoms with Crippen LogP contribution in [0.5, 0.6) is 0 Å². The summed E-state index contributed by atoms with van der Waals surface area (Å²) in [6.45, 7) is 0.520. The van der Waals surface area contributed by atoms with Crippen molar-refractivity contribution >= 4 is 5.91 Å². The molecule has 0 N–H and O–H groups in total. The lowest BCUT2D eigenvalue weighted by molar-refractivity contribution is -0.254. The van der Waals surface area contributed by atoms with Crippen LogP contribution in [0.1, 0.15) is 32.1 Å². The molecule has 1 aliphatic heterocycles. The number of likely N-dealkylation sites (tertiary alicyclic amines) is 1. The first-order valence-electron chi connectivity index (χ1n) is 5.90. The summed E-state index contributed by atoms with van der Waals surface area (Å²) < 4.78 is 26.6. The van der Waals surface area contributed by atoms with E-state index in [0.29, 0.717) is 6.42 Å². The molecule has 1 saturated heterocycles. The van der Waals surface area contributed by atoms with E-state index in [1.165, 1.54) is 0 Å².